The summed E-state index contributed by atoms with van der Waals surface area (Å²) in [6, 6.07) is 0.526. The first-order chi connectivity index (χ1) is 8.94. The number of nitrogens with zero attached hydrogens (tertiary/aromatic N) is 1. The summed E-state index contributed by atoms with van der Waals surface area (Å²) >= 11 is 0. The highest BCUT2D eigenvalue weighted by molar-refractivity contribution is 5.76. The van der Waals surface area contributed by atoms with Gasteiger partial charge >= 0.3 is 0 Å². The molecule has 0 saturated carbocycles. The van der Waals surface area contributed by atoms with Crippen LogP contribution in [-0.2, 0) is 9.53 Å². The van der Waals surface area contributed by atoms with Crippen LogP contribution in [0.15, 0.2) is 0 Å². The summed E-state index contributed by atoms with van der Waals surface area (Å²) in [5.74, 6) is 0.0812. The van der Waals surface area contributed by atoms with Crippen molar-refractivity contribution in [3.8, 4) is 0 Å². The van der Waals surface area contributed by atoms with Crippen molar-refractivity contribution in [1.29, 1.82) is 0 Å². The second-order valence-electron chi connectivity index (χ2n) is 6.32. The van der Waals surface area contributed by atoms with Gasteiger partial charge in [0.15, 0.2) is 0 Å². The molecule has 0 radical (unpaired) electrons. The maximum atomic E-state index is 11.8. The fourth-order valence-corrected chi connectivity index (χ4v) is 2.91. The Bertz CT molecular complexity index is 273. The van der Waals surface area contributed by atoms with Gasteiger partial charge in [-0.05, 0) is 53.1 Å². The maximum absolute atomic E-state index is 11.8. The minimum Gasteiger partial charge on any atom is -0.384 e. The van der Waals surface area contributed by atoms with Crippen molar-refractivity contribution in [1.82, 2.24) is 10.2 Å². The second kappa shape index (κ2) is 7.85. The van der Waals surface area contributed by atoms with Gasteiger partial charge in [0, 0.05) is 25.1 Å². The smallest absolute Gasteiger partial charge is 0.222 e. The van der Waals surface area contributed by atoms with E-state index >= 15 is 0 Å². The third kappa shape index (κ3) is 6.39. The Hall–Kier alpha value is -0.610. The van der Waals surface area contributed by atoms with E-state index in [0.29, 0.717) is 19.1 Å². The maximum Gasteiger partial charge on any atom is 0.222 e. The van der Waals surface area contributed by atoms with Crippen LogP contribution < -0.4 is 5.32 Å². The highest BCUT2D eigenvalue weighted by Crippen LogP contribution is 2.19. The first kappa shape index (κ1) is 16.4. The van der Waals surface area contributed by atoms with Gasteiger partial charge in [0.25, 0.3) is 0 Å². The van der Waals surface area contributed by atoms with Crippen molar-refractivity contribution >= 4 is 5.91 Å². The lowest BCUT2D eigenvalue weighted by Gasteiger charge is -2.37. The van der Waals surface area contributed by atoms with Gasteiger partial charge in [0.05, 0.1) is 6.61 Å². The van der Waals surface area contributed by atoms with Crippen molar-refractivity contribution in [2.45, 2.75) is 64.5 Å². The molecule has 4 heteroatoms. The molecule has 19 heavy (non-hydrogen) atoms. The molecule has 0 aromatic carbocycles. The first-order valence-electron chi connectivity index (χ1n) is 7.48. The van der Waals surface area contributed by atoms with Crippen LogP contribution in [0.5, 0.6) is 0 Å². The summed E-state index contributed by atoms with van der Waals surface area (Å²) in [4.78, 5) is 14.3. The van der Waals surface area contributed by atoms with E-state index in [4.69, 9.17) is 4.74 Å². The third-order valence-electron chi connectivity index (χ3n) is 3.83. The Balaban J connectivity index is 2.37. The largest absolute Gasteiger partial charge is 0.384 e. The van der Waals surface area contributed by atoms with E-state index in [1.54, 1.807) is 7.11 Å². The van der Waals surface area contributed by atoms with E-state index in [1.165, 1.54) is 32.4 Å². The van der Waals surface area contributed by atoms with Crippen LogP contribution in [0.25, 0.3) is 0 Å². The van der Waals surface area contributed by atoms with Crippen molar-refractivity contribution in [2.24, 2.45) is 0 Å². The van der Waals surface area contributed by atoms with Crippen LogP contribution in [-0.4, -0.2) is 49.2 Å². The van der Waals surface area contributed by atoms with Crippen LogP contribution >= 0.6 is 0 Å². The average Bonchev–Trinajstić information content (AvgIpc) is 2.36. The fraction of sp³-hybridized carbons (Fsp3) is 0.933. The van der Waals surface area contributed by atoms with E-state index in [2.05, 4.69) is 31.0 Å². The molecule has 1 rings (SSSR count). The molecule has 1 saturated heterocycles. The number of nitrogens with one attached hydrogen (secondary N) is 1. The summed E-state index contributed by atoms with van der Waals surface area (Å²) in [6.45, 7) is 9.39. The molecule has 0 aromatic rings. The van der Waals surface area contributed by atoms with E-state index in [9.17, 15) is 4.79 Å². The Kier molecular flexibility index (Phi) is 6.80. The van der Waals surface area contributed by atoms with E-state index in [-0.39, 0.29) is 11.4 Å². The first-order valence-corrected chi connectivity index (χ1v) is 7.48. The predicted molar refractivity (Wildman–Crippen MR) is 78.2 cm³/mol. The van der Waals surface area contributed by atoms with Crippen molar-refractivity contribution < 1.29 is 9.53 Å². The van der Waals surface area contributed by atoms with Crippen LogP contribution in [0, 0.1) is 0 Å². The minimum absolute atomic E-state index is 0.0812. The Morgan fingerprint density at radius 1 is 1.32 bits per heavy atom. The van der Waals surface area contributed by atoms with Crippen molar-refractivity contribution in [3.63, 3.8) is 0 Å². The zero-order valence-corrected chi connectivity index (χ0v) is 13.0. The molecule has 1 aliphatic rings. The van der Waals surface area contributed by atoms with Crippen LogP contribution in [0.1, 0.15) is 52.9 Å². The number of ether oxygens (including phenoxy) is 1. The highest BCUT2D eigenvalue weighted by Gasteiger charge is 2.26. The molecule has 0 aliphatic carbocycles. The molecule has 112 valence electrons. The quantitative estimate of drug-likeness (QED) is 0.771. The molecule has 4 nitrogen and oxygen atoms in total. The molecule has 0 aromatic heterocycles. The van der Waals surface area contributed by atoms with Gasteiger partial charge in [-0.1, -0.05) is 6.42 Å². The summed E-state index contributed by atoms with van der Waals surface area (Å²) in [5, 5.41) is 3.12. The molecule has 1 unspecified atom stereocenters. The number of methoxy groups -OCH3 is 1. The Morgan fingerprint density at radius 3 is 2.53 bits per heavy atom. The summed E-state index contributed by atoms with van der Waals surface area (Å²) in [7, 11) is 1.62. The number of hydrogen-bond donors (Lipinski definition) is 1. The van der Waals surface area contributed by atoms with Crippen LogP contribution in [0.2, 0.25) is 0 Å². The number of amides is 1. The number of piperidine rings is 1. The van der Waals surface area contributed by atoms with E-state index < -0.39 is 0 Å². The topological polar surface area (TPSA) is 41.6 Å². The van der Waals surface area contributed by atoms with Gasteiger partial charge in [-0.2, -0.15) is 0 Å². The molecular weight excluding hydrogens is 240 g/mol. The average molecular weight is 270 g/mol. The molecule has 0 bridgehead atoms. The van der Waals surface area contributed by atoms with Gasteiger partial charge in [0.1, 0.15) is 0 Å². The standard InChI is InChI=1S/C15H30N2O2/c1-13(17-9-6-5-7-10-17)12-15(2,3)16-14(18)8-11-19-4/h13H,5-12H2,1-4H3,(H,16,18). The number of hydrogen-bond acceptors (Lipinski definition) is 3. The van der Waals surface area contributed by atoms with E-state index in [1.807, 2.05) is 0 Å². The summed E-state index contributed by atoms with van der Waals surface area (Å²) < 4.78 is 4.93. The predicted octanol–water partition coefficient (Wildman–Crippen LogP) is 2.18. The van der Waals surface area contributed by atoms with Gasteiger partial charge < -0.3 is 15.0 Å². The molecule has 0 spiro atoms. The molecule has 1 fully saturated rings. The second-order valence-corrected chi connectivity index (χ2v) is 6.32. The Labute approximate surface area is 117 Å². The molecular formula is C15H30N2O2. The molecule has 1 atom stereocenters. The summed E-state index contributed by atoms with van der Waals surface area (Å²) in [6.07, 6.45) is 5.42. The molecule has 1 amide bonds. The lowest BCUT2D eigenvalue weighted by atomic mass is 9.93. The molecule has 1 aliphatic heterocycles. The number of carbonyl (C=O) groups excluding carboxylic acids is 1. The minimum atomic E-state index is -0.151. The monoisotopic (exact) mass is 270 g/mol. The highest BCUT2D eigenvalue weighted by atomic mass is 16.5. The van der Waals surface area contributed by atoms with Crippen LogP contribution in [0.3, 0.4) is 0 Å². The number of rotatable bonds is 7. The molecule has 1 heterocycles. The van der Waals surface area contributed by atoms with Crippen LogP contribution in [0.4, 0.5) is 0 Å². The van der Waals surface area contributed by atoms with Crippen molar-refractivity contribution in [3.05, 3.63) is 0 Å². The SMILES string of the molecule is COCCC(=O)NC(C)(C)CC(C)N1CCCCC1. The van der Waals surface area contributed by atoms with Gasteiger partial charge in [-0.3, -0.25) is 4.79 Å². The molecule has 1 N–H and O–H groups in total. The Morgan fingerprint density at radius 2 is 1.95 bits per heavy atom. The number of likely N-dealkylation sites (tertiary alicyclic amines) is 1. The van der Waals surface area contributed by atoms with E-state index in [0.717, 1.165) is 6.42 Å². The zero-order valence-electron chi connectivity index (χ0n) is 13.0. The van der Waals surface area contributed by atoms with Crippen molar-refractivity contribution in [2.75, 3.05) is 26.8 Å². The lowest BCUT2D eigenvalue weighted by Crippen LogP contribution is -2.49. The zero-order chi connectivity index (χ0) is 14.3. The van der Waals surface area contributed by atoms with Gasteiger partial charge in [-0.25, -0.2) is 0 Å². The van der Waals surface area contributed by atoms with Gasteiger partial charge in [-0.15, -0.1) is 0 Å². The summed E-state index contributed by atoms with van der Waals surface area (Å²) in [5.41, 5.74) is -0.151. The van der Waals surface area contributed by atoms with Gasteiger partial charge in [0.2, 0.25) is 5.91 Å². The fourth-order valence-electron chi connectivity index (χ4n) is 2.91. The number of carbonyl (C=O) groups is 1. The third-order valence-corrected chi connectivity index (χ3v) is 3.83. The normalized spacial score (nSPS) is 19.2. The lowest BCUT2D eigenvalue weighted by molar-refractivity contribution is -0.123.